The number of rotatable bonds is 7. The molecule has 4 aromatic rings. The Balaban J connectivity index is 1.39. The van der Waals surface area contributed by atoms with E-state index in [1.54, 1.807) is 30.5 Å². The molecule has 1 unspecified atom stereocenters. The Morgan fingerprint density at radius 2 is 1.46 bits per heavy atom. The molecule has 190 valence electrons. The Bertz CT molecular complexity index is 1500. The van der Waals surface area contributed by atoms with Crippen molar-refractivity contribution in [3.63, 3.8) is 0 Å². The number of nitrogens with zero attached hydrogens (tertiary/aromatic N) is 1. The van der Waals surface area contributed by atoms with Gasteiger partial charge in [0.25, 0.3) is 0 Å². The van der Waals surface area contributed by atoms with Crippen molar-refractivity contribution in [1.82, 2.24) is 9.29 Å². The van der Waals surface area contributed by atoms with Crippen LogP contribution in [0.25, 0.3) is 10.9 Å². The van der Waals surface area contributed by atoms with E-state index in [-0.39, 0.29) is 16.2 Å². The van der Waals surface area contributed by atoms with E-state index in [1.807, 2.05) is 30.3 Å². The van der Waals surface area contributed by atoms with Gasteiger partial charge in [0.05, 0.1) is 10.5 Å². The Morgan fingerprint density at radius 3 is 2.16 bits per heavy atom. The normalized spacial score (nSPS) is 15.7. The van der Waals surface area contributed by atoms with Crippen molar-refractivity contribution in [2.24, 2.45) is 0 Å². The van der Waals surface area contributed by atoms with Gasteiger partial charge < -0.3 is 9.72 Å². The monoisotopic (exact) mass is 516 g/mol. The molecule has 1 atom stereocenters. The number of Topliss-reactive ketones (excluding diaryl/α,β-unsaturated/α-hetero) is 1. The summed E-state index contributed by atoms with van der Waals surface area (Å²) in [5, 5.41) is 0.743. The number of carbonyl (C=O) groups excluding carboxylic acids is 2. The lowest BCUT2D eigenvalue weighted by atomic mass is 9.99. The fourth-order valence-corrected chi connectivity index (χ4v) is 6.20. The SMILES string of the molecule is O=C(OC(C(=O)c1c[nH]c2ccccc12)c1ccccc1)c1ccc(S(=O)(=O)N2CCCCCC2)cc1. The number of fused-ring (bicyclic) bond motifs is 1. The molecule has 0 aliphatic carbocycles. The van der Waals surface area contributed by atoms with Crippen molar-refractivity contribution in [3.05, 3.63) is 102 Å². The number of ether oxygens (including phenoxy) is 1. The topological polar surface area (TPSA) is 96.5 Å². The van der Waals surface area contributed by atoms with Crippen LogP contribution < -0.4 is 0 Å². The van der Waals surface area contributed by atoms with Gasteiger partial charge in [-0.3, -0.25) is 4.79 Å². The molecule has 1 N–H and O–H groups in total. The van der Waals surface area contributed by atoms with Gasteiger partial charge in [0.1, 0.15) is 0 Å². The lowest BCUT2D eigenvalue weighted by Crippen LogP contribution is -2.31. The average Bonchev–Trinajstić information content (AvgIpc) is 3.16. The van der Waals surface area contributed by atoms with Crippen molar-refractivity contribution >= 4 is 32.7 Å². The molecule has 2 heterocycles. The zero-order valence-electron chi connectivity index (χ0n) is 20.3. The molecule has 1 aromatic heterocycles. The highest BCUT2D eigenvalue weighted by Gasteiger charge is 2.29. The van der Waals surface area contributed by atoms with Crippen molar-refractivity contribution in [3.8, 4) is 0 Å². The molecule has 0 saturated carbocycles. The minimum Gasteiger partial charge on any atom is -0.445 e. The molecule has 1 aliphatic heterocycles. The maximum atomic E-state index is 13.6. The molecular weight excluding hydrogens is 488 g/mol. The van der Waals surface area contributed by atoms with Crippen molar-refractivity contribution < 1.29 is 22.7 Å². The fraction of sp³-hybridized carbons (Fsp3) is 0.241. The zero-order valence-corrected chi connectivity index (χ0v) is 21.1. The summed E-state index contributed by atoms with van der Waals surface area (Å²) in [5.41, 5.74) is 1.95. The third-order valence-corrected chi connectivity index (χ3v) is 8.63. The lowest BCUT2D eigenvalue weighted by Gasteiger charge is -2.20. The largest absolute Gasteiger partial charge is 0.445 e. The second-order valence-corrected chi connectivity index (χ2v) is 11.1. The highest BCUT2D eigenvalue weighted by molar-refractivity contribution is 7.89. The quantitative estimate of drug-likeness (QED) is 0.258. The van der Waals surface area contributed by atoms with E-state index in [4.69, 9.17) is 4.74 Å². The van der Waals surface area contributed by atoms with Gasteiger partial charge in [0, 0.05) is 41.3 Å². The van der Waals surface area contributed by atoms with E-state index in [2.05, 4.69) is 4.98 Å². The van der Waals surface area contributed by atoms with Gasteiger partial charge in [-0.2, -0.15) is 4.31 Å². The molecule has 37 heavy (non-hydrogen) atoms. The summed E-state index contributed by atoms with van der Waals surface area (Å²) in [5.74, 6) is -1.06. The number of aromatic amines is 1. The van der Waals surface area contributed by atoms with Crippen LogP contribution in [-0.2, 0) is 14.8 Å². The number of H-pyrrole nitrogens is 1. The lowest BCUT2D eigenvalue weighted by molar-refractivity contribution is 0.0280. The van der Waals surface area contributed by atoms with Gasteiger partial charge in [-0.25, -0.2) is 13.2 Å². The van der Waals surface area contributed by atoms with Gasteiger partial charge in [0.2, 0.25) is 15.8 Å². The number of nitrogens with one attached hydrogen (secondary N) is 1. The summed E-state index contributed by atoms with van der Waals surface area (Å²) in [7, 11) is -3.63. The summed E-state index contributed by atoms with van der Waals surface area (Å²) in [4.78, 5) is 30.0. The van der Waals surface area contributed by atoms with Crippen LogP contribution in [0.1, 0.15) is 58.1 Å². The van der Waals surface area contributed by atoms with Gasteiger partial charge in [-0.15, -0.1) is 0 Å². The minimum atomic E-state index is -3.63. The van der Waals surface area contributed by atoms with Gasteiger partial charge in [-0.1, -0.05) is 61.4 Å². The Morgan fingerprint density at radius 1 is 0.811 bits per heavy atom. The first-order valence-electron chi connectivity index (χ1n) is 12.4. The molecule has 0 radical (unpaired) electrons. The number of carbonyl (C=O) groups is 2. The maximum absolute atomic E-state index is 13.6. The first-order valence-corrected chi connectivity index (χ1v) is 13.9. The van der Waals surface area contributed by atoms with Crippen LogP contribution in [0.2, 0.25) is 0 Å². The summed E-state index contributed by atoms with van der Waals surface area (Å²) in [6.07, 6.45) is 4.20. The Kier molecular flexibility index (Phi) is 7.21. The summed E-state index contributed by atoms with van der Waals surface area (Å²) in [6, 6.07) is 22.0. The van der Waals surface area contributed by atoms with Crippen molar-refractivity contribution in [2.45, 2.75) is 36.7 Å². The van der Waals surface area contributed by atoms with Gasteiger partial charge >= 0.3 is 5.97 Å². The van der Waals surface area contributed by atoms with E-state index in [0.717, 1.165) is 36.6 Å². The van der Waals surface area contributed by atoms with Crippen LogP contribution in [0.4, 0.5) is 0 Å². The molecule has 1 aliphatic rings. The van der Waals surface area contributed by atoms with E-state index < -0.39 is 22.1 Å². The molecule has 5 rings (SSSR count). The third-order valence-electron chi connectivity index (χ3n) is 6.71. The number of sulfonamides is 1. The van der Waals surface area contributed by atoms with Crippen LogP contribution >= 0.6 is 0 Å². The molecule has 0 amide bonds. The molecule has 7 nitrogen and oxygen atoms in total. The smallest absolute Gasteiger partial charge is 0.339 e. The van der Waals surface area contributed by atoms with Crippen LogP contribution in [0, 0.1) is 0 Å². The number of hydrogen-bond donors (Lipinski definition) is 1. The molecule has 8 heteroatoms. The molecule has 0 spiro atoms. The van der Waals surface area contributed by atoms with Gasteiger partial charge in [-0.05, 0) is 43.2 Å². The predicted molar refractivity (Wildman–Crippen MR) is 141 cm³/mol. The predicted octanol–water partition coefficient (Wildman–Crippen LogP) is 5.51. The summed E-state index contributed by atoms with van der Waals surface area (Å²) in [6.45, 7) is 1.00. The fourth-order valence-electron chi connectivity index (χ4n) is 4.69. The van der Waals surface area contributed by atoms with Crippen LogP contribution in [0.15, 0.2) is 90.0 Å². The van der Waals surface area contributed by atoms with Crippen molar-refractivity contribution in [2.75, 3.05) is 13.1 Å². The molecular formula is C29H28N2O5S. The number of esters is 1. The Hall–Kier alpha value is -3.75. The van der Waals surface area contributed by atoms with Crippen LogP contribution in [0.3, 0.4) is 0 Å². The second-order valence-electron chi connectivity index (χ2n) is 9.15. The maximum Gasteiger partial charge on any atom is 0.339 e. The highest BCUT2D eigenvalue weighted by Crippen LogP contribution is 2.28. The standard InChI is InChI=1S/C29H28N2O5S/c32-27(25-20-30-26-13-7-6-12-24(25)26)28(21-10-4-3-5-11-21)36-29(33)22-14-16-23(17-15-22)37(34,35)31-18-8-1-2-9-19-31/h3-7,10-17,20,28,30H,1-2,8-9,18-19H2. The number of aromatic nitrogens is 1. The zero-order chi connectivity index (χ0) is 25.8. The number of para-hydroxylation sites is 1. The highest BCUT2D eigenvalue weighted by atomic mass is 32.2. The second kappa shape index (κ2) is 10.7. The number of ketones is 1. The molecule has 1 fully saturated rings. The van der Waals surface area contributed by atoms with E-state index >= 15 is 0 Å². The van der Waals surface area contributed by atoms with E-state index in [1.165, 1.54) is 28.6 Å². The number of benzene rings is 3. The molecule has 0 bridgehead atoms. The molecule has 1 saturated heterocycles. The first-order chi connectivity index (χ1) is 17.9. The van der Waals surface area contributed by atoms with E-state index in [0.29, 0.717) is 24.2 Å². The van der Waals surface area contributed by atoms with Crippen LogP contribution in [-0.4, -0.2) is 42.5 Å². The summed E-state index contributed by atoms with van der Waals surface area (Å²) >= 11 is 0. The third kappa shape index (κ3) is 5.21. The average molecular weight is 517 g/mol. The minimum absolute atomic E-state index is 0.139. The van der Waals surface area contributed by atoms with Crippen molar-refractivity contribution in [1.29, 1.82) is 0 Å². The van der Waals surface area contributed by atoms with Gasteiger partial charge in [0.15, 0.2) is 6.10 Å². The molecule has 3 aromatic carbocycles. The Labute approximate surface area is 216 Å². The number of hydrogen-bond acceptors (Lipinski definition) is 5. The van der Waals surface area contributed by atoms with Crippen LogP contribution in [0.5, 0.6) is 0 Å². The first kappa shape index (κ1) is 24.9. The summed E-state index contributed by atoms with van der Waals surface area (Å²) < 4.78 is 33.4. The van der Waals surface area contributed by atoms with E-state index in [9.17, 15) is 18.0 Å².